The first-order chi connectivity index (χ1) is 15.9. The molecule has 2 aromatic heterocycles. The van der Waals surface area contributed by atoms with Crippen molar-refractivity contribution >= 4 is 40.3 Å². The minimum Gasteiger partial charge on any atom is -0.481 e. The molecule has 0 bridgehead atoms. The number of carbonyl (C=O) groups excluding carboxylic acids is 1. The summed E-state index contributed by atoms with van der Waals surface area (Å²) < 4.78 is 0. The number of carboxylic acids is 2. The van der Waals surface area contributed by atoms with Gasteiger partial charge in [-0.15, -0.1) is 0 Å². The Labute approximate surface area is 189 Å². The van der Waals surface area contributed by atoms with Gasteiger partial charge < -0.3 is 25.4 Å². The summed E-state index contributed by atoms with van der Waals surface area (Å²) in [6.45, 7) is 2.44. The third kappa shape index (κ3) is 5.12. The second-order valence-electron chi connectivity index (χ2n) is 7.90. The molecule has 3 heterocycles. The van der Waals surface area contributed by atoms with Crippen LogP contribution in [0.3, 0.4) is 0 Å². The lowest BCUT2D eigenvalue weighted by Gasteiger charge is -2.38. The van der Waals surface area contributed by atoms with Gasteiger partial charge in [-0.05, 0) is 30.3 Å². The Balaban J connectivity index is 1.52. The molecule has 33 heavy (non-hydrogen) atoms. The highest BCUT2D eigenvalue weighted by atomic mass is 16.4. The first kappa shape index (κ1) is 22.3. The molecule has 4 rings (SSSR count). The summed E-state index contributed by atoms with van der Waals surface area (Å²) in [5.41, 5.74) is 1.86. The number of aromatic amines is 1. The third-order valence-electron chi connectivity index (χ3n) is 5.74. The quantitative estimate of drug-likeness (QED) is 0.409. The van der Waals surface area contributed by atoms with Crippen LogP contribution in [0.5, 0.6) is 0 Å². The summed E-state index contributed by atoms with van der Waals surface area (Å²) >= 11 is 0. The van der Waals surface area contributed by atoms with E-state index in [1.54, 1.807) is 30.6 Å². The molecule has 1 atom stereocenters. The maximum absolute atomic E-state index is 12.3. The average Bonchev–Trinajstić information content (AvgIpc) is 3.21. The molecule has 0 unspecified atom stereocenters. The minimum atomic E-state index is -1.04. The number of aromatic nitrogens is 2. The Morgan fingerprint density at radius 1 is 1.06 bits per heavy atom. The number of aliphatic carboxylic acids is 2. The fourth-order valence-corrected chi connectivity index (χ4v) is 4.13. The van der Waals surface area contributed by atoms with E-state index in [0.717, 1.165) is 11.3 Å². The van der Waals surface area contributed by atoms with Crippen LogP contribution in [0.4, 0.5) is 11.5 Å². The van der Waals surface area contributed by atoms with Crippen LogP contribution >= 0.6 is 0 Å². The predicted octanol–water partition coefficient (Wildman–Crippen LogP) is 2.31. The molecule has 1 aliphatic heterocycles. The number of anilines is 2. The molecule has 1 amide bonds. The number of fused-ring (bicyclic) bond motifs is 1. The van der Waals surface area contributed by atoms with Gasteiger partial charge in [0.25, 0.3) is 0 Å². The number of benzene rings is 1. The SMILES string of the molecule is O=C(O)CCC(=O)Nc1ccc2[nH]cc([C@@H](C(=O)O)N3CCN(c4ccccn4)CC3)c2c1. The summed E-state index contributed by atoms with van der Waals surface area (Å²) in [7, 11) is 0. The van der Waals surface area contributed by atoms with E-state index in [1.807, 2.05) is 23.1 Å². The Morgan fingerprint density at radius 3 is 2.52 bits per heavy atom. The molecule has 3 aromatic rings. The normalized spacial score (nSPS) is 15.3. The Kier molecular flexibility index (Phi) is 6.55. The van der Waals surface area contributed by atoms with Crippen LogP contribution in [0.25, 0.3) is 10.9 Å². The van der Waals surface area contributed by atoms with Crippen molar-refractivity contribution < 1.29 is 24.6 Å². The standard InChI is InChI=1S/C23H25N5O5/c29-20(6-7-21(30)31)26-15-4-5-18-16(13-15)17(14-25-18)22(23(32)33)28-11-9-27(10-12-28)19-3-1-2-8-24-19/h1-5,8,13-14,22,25H,6-7,9-12H2,(H,26,29)(H,30,31)(H,32,33)/t22-/m0/s1. The van der Waals surface area contributed by atoms with Gasteiger partial charge in [-0.25, -0.2) is 4.98 Å². The first-order valence-corrected chi connectivity index (χ1v) is 10.7. The van der Waals surface area contributed by atoms with Crippen LogP contribution in [0.15, 0.2) is 48.8 Å². The van der Waals surface area contributed by atoms with Crippen LogP contribution in [0.1, 0.15) is 24.4 Å². The van der Waals surface area contributed by atoms with E-state index < -0.39 is 23.9 Å². The van der Waals surface area contributed by atoms with Crippen molar-refractivity contribution in [3.05, 3.63) is 54.4 Å². The van der Waals surface area contributed by atoms with Crippen molar-refractivity contribution in [3.63, 3.8) is 0 Å². The molecule has 1 saturated heterocycles. The van der Waals surface area contributed by atoms with E-state index in [1.165, 1.54) is 0 Å². The topological polar surface area (TPSA) is 139 Å². The largest absolute Gasteiger partial charge is 0.481 e. The number of carboxylic acid groups (broad SMARTS) is 2. The van der Waals surface area contributed by atoms with E-state index in [9.17, 15) is 19.5 Å². The highest BCUT2D eigenvalue weighted by Crippen LogP contribution is 2.31. The molecule has 0 radical (unpaired) electrons. The second-order valence-corrected chi connectivity index (χ2v) is 7.90. The Bertz CT molecular complexity index is 1150. The summed E-state index contributed by atoms with van der Waals surface area (Å²) in [5, 5.41) is 22.2. The van der Waals surface area contributed by atoms with Crippen molar-refractivity contribution in [1.82, 2.24) is 14.9 Å². The van der Waals surface area contributed by atoms with Crippen LogP contribution in [-0.2, 0) is 14.4 Å². The number of H-pyrrole nitrogens is 1. The highest BCUT2D eigenvalue weighted by molar-refractivity contribution is 5.96. The zero-order valence-corrected chi connectivity index (χ0v) is 17.9. The number of amides is 1. The van der Waals surface area contributed by atoms with Crippen LogP contribution in [-0.4, -0.2) is 69.1 Å². The van der Waals surface area contributed by atoms with Gasteiger partial charge in [-0.3, -0.25) is 19.3 Å². The maximum Gasteiger partial charge on any atom is 0.325 e. The summed E-state index contributed by atoms with van der Waals surface area (Å²) in [4.78, 5) is 46.6. The third-order valence-corrected chi connectivity index (χ3v) is 5.74. The van der Waals surface area contributed by atoms with Gasteiger partial charge in [0.05, 0.1) is 6.42 Å². The summed E-state index contributed by atoms with van der Waals surface area (Å²) in [6, 6.07) is 10.1. The molecule has 172 valence electrons. The fraction of sp³-hybridized carbons (Fsp3) is 0.304. The number of carbonyl (C=O) groups is 3. The minimum absolute atomic E-state index is 0.133. The smallest absolute Gasteiger partial charge is 0.325 e. The lowest BCUT2D eigenvalue weighted by Crippen LogP contribution is -2.49. The number of nitrogens with one attached hydrogen (secondary N) is 2. The molecule has 10 nitrogen and oxygen atoms in total. The molecule has 1 fully saturated rings. The van der Waals surface area contributed by atoms with Crippen LogP contribution in [0, 0.1) is 0 Å². The van der Waals surface area contributed by atoms with Gasteiger partial charge >= 0.3 is 11.9 Å². The highest BCUT2D eigenvalue weighted by Gasteiger charge is 2.32. The van der Waals surface area contributed by atoms with Gasteiger partial charge in [0.15, 0.2) is 0 Å². The number of pyridine rings is 1. The number of hydrogen-bond donors (Lipinski definition) is 4. The van der Waals surface area contributed by atoms with Gasteiger partial charge in [-0.1, -0.05) is 6.07 Å². The molecule has 1 aliphatic rings. The molecule has 1 aromatic carbocycles. The number of nitrogens with zero attached hydrogens (tertiary/aromatic N) is 3. The maximum atomic E-state index is 12.3. The Hall–Kier alpha value is -3.92. The molecule has 0 saturated carbocycles. The van der Waals surface area contributed by atoms with E-state index in [4.69, 9.17) is 5.11 Å². The van der Waals surface area contributed by atoms with Crippen molar-refractivity contribution in [2.45, 2.75) is 18.9 Å². The second kappa shape index (κ2) is 9.70. The summed E-state index contributed by atoms with van der Waals surface area (Å²) in [5.74, 6) is -1.52. The van der Waals surface area contributed by atoms with Crippen LogP contribution < -0.4 is 10.2 Å². The molecular weight excluding hydrogens is 426 g/mol. The molecule has 0 spiro atoms. The molecule has 0 aliphatic carbocycles. The first-order valence-electron chi connectivity index (χ1n) is 10.7. The van der Waals surface area contributed by atoms with E-state index in [0.29, 0.717) is 42.8 Å². The van der Waals surface area contributed by atoms with E-state index in [-0.39, 0.29) is 12.8 Å². The van der Waals surface area contributed by atoms with Gasteiger partial charge in [0.1, 0.15) is 11.9 Å². The zero-order chi connectivity index (χ0) is 23.4. The van der Waals surface area contributed by atoms with Gasteiger partial charge in [0, 0.05) is 67.1 Å². The molecule has 4 N–H and O–H groups in total. The lowest BCUT2D eigenvalue weighted by atomic mass is 10.0. The van der Waals surface area contributed by atoms with Gasteiger partial charge in [0.2, 0.25) is 5.91 Å². The predicted molar refractivity (Wildman–Crippen MR) is 122 cm³/mol. The lowest BCUT2D eigenvalue weighted by molar-refractivity contribution is -0.143. The van der Waals surface area contributed by atoms with E-state index in [2.05, 4.69) is 20.2 Å². The number of piperazine rings is 1. The molecule has 10 heteroatoms. The number of rotatable bonds is 8. The van der Waals surface area contributed by atoms with Crippen LogP contribution in [0.2, 0.25) is 0 Å². The van der Waals surface area contributed by atoms with E-state index >= 15 is 0 Å². The Morgan fingerprint density at radius 2 is 1.85 bits per heavy atom. The summed E-state index contributed by atoms with van der Waals surface area (Å²) in [6.07, 6.45) is 3.05. The van der Waals surface area contributed by atoms with Crippen molar-refractivity contribution in [2.75, 3.05) is 36.4 Å². The van der Waals surface area contributed by atoms with Crippen molar-refractivity contribution in [2.24, 2.45) is 0 Å². The fourth-order valence-electron chi connectivity index (χ4n) is 4.13. The zero-order valence-electron chi connectivity index (χ0n) is 17.9. The van der Waals surface area contributed by atoms with Crippen molar-refractivity contribution in [1.29, 1.82) is 0 Å². The average molecular weight is 451 g/mol. The molecular formula is C23H25N5O5. The van der Waals surface area contributed by atoms with Crippen molar-refractivity contribution in [3.8, 4) is 0 Å². The monoisotopic (exact) mass is 451 g/mol. The number of hydrogen-bond acceptors (Lipinski definition) is 6. The van der Waals surface area contributed by atoms with Gasteiger partial charge in [-0.2, -0.15) is 0 Å².